The van der Waals surface area contributed by atoms with Crippen LogP contribution in [-0.2, 0) is 4.79 Å². The molecule has 3 heteroatoms. The Balaban J connectivity index is 1.87. The molecule has 1 saturated carbocycles. The maximum atomic E-state index is 11.3. The van der Waals surface area contributed by atoms with Crippen molar-refractivity contribution in [3.8, 4) is 0 Å². The van der Waals surface area contributed by atoms with Gasteiger partial charge in [-0.1, -0.05) is 13.8 Å². The second kappa shape index (κ2) is 6.02. The first kappa shape index (κ1) is 11.5. The van der Waals surface area contributed by atoms with E-state index in [2.05, 4.69) is 24.5 Å². The summed E-state index contributed by atoms with van der Waals surface area (Å²) in [5.74, 6) is 0.846. The maximum absolute atomic E-state index is 11.3. The Kier molecular flexibility index (Phi) is 4.94. The molecule has 1 amide bonds. The largest absolute Gasteiger partial charge is 0.356 e. The Labute approximate surface area is 86.6 Å². The lowest BCUT2D eigenvalue weighted by Crippen LogP contribution is -2.29. The molecule has 1 fully saturated rings. The molecule has 3 nitrogen and oxygen atoms in total. The minimum Gasteiger partial charge on any atom is -0.356 e. The molecule has 0 bridgehead atoms. The van der Waals surface area contributed by atoms with E-state index in [1.54, 1.807) is 0 Å². The molecule has 1 aliphatic carbocycles. The summed E-state index contributed by atoms with van der Waals surface area (Å²) in [6.07, 6.45) is 4.26. The Morgan fingerprint density at radius 2 is 2.07 bits per heavy atom. The highest BCUT2D eigenvalue weighted by Gasteiger charge is 2.19. The minimum atomic E-state index is 0.179. The molecule has 0 aromatic rings. The van der Waals surface area contributed by atoms with Gasteiger partial charge in [-0.3, -0.25) is 4.79 Å². The summed E-state index contributed by atoms with van der Waals surface area (Å²) in [6, 6.07) is 0.707. The van der Waals surface area contributed by atoms with Gasteiger partial charge in [-0.15, -0.1) is 0 Å². The molecule has 0 unspecified atom stereocenters. The van der Waals surface area contributed by atoms with E-state index in [0.717, 1.165) is 19.5 Å². The Hall–Kier alpha value is -0.570. The minimum absolute atomic E-state index is 0.179. The van der Waals surface area contributed by atoms with E-state index >= 15 is 0 Å². The first-order valence-electron chi connectivity index (χ1n) is 5.68. The molecular formula is C11H22N2O. The van der Waals surface area contributed by atoms with Gasteiger partial charge in [-0.2, -0.15) is 0 Å². The molecule has 0 radical (unpaired) electrons. The third-order valence-corrected chi connectivity index (χ3v) is 2.41. The van der Waals surface area contributed by atoms with E-state index in [1.165, 1.54) is 12.8 Å². The van der Waals surface area contributed by atoms with E-state index in [0.29, 0.717) is 18.4 Å². The Morgan fingerprint density at radius 3 is 2.64 bits per heavy atom. The van der Waals surface area contributed by atoms with Gasteiger partial charge >= 0.3 is 0 Å². The Morgan fingerprint density at radius 1 is 1.36 bits per heavy atom. The van der Waals surface area contributed by atoms with Crippen LogP contribution in [0, 0.1) is 5.92 Å². The zero-order valence-electron chi connectivity index (χ0n) is 9.31. The summed E-state index contributed by atoms with van der Waals surface area (Å²) < 4.78 is 0. The quantitative estimate of drug-likeness (QED) is 0.647. The van der Waals surface area contributed by atoms with E-state index in [4.69, 9.17) is 0 Å². The van der Waals surface area contributed by atoms with Crippen LogP contribution in [0.4, 0.5) is 0 Å². The third-order valence-electron chi connectivity index (χ3n) is 2.41. The van der Waals surface area contributed by atoms with Gasteiger partial charge in [0.2, 0.25) is 5.91 Å². The van der Waals surface area contributed by atoms with Crippen molar-refractivity contribution >= 4 is 5.91 Å². The smallest absolute Gasteiger partial charge is 0.221 e. The standard InChI is InChI=1S/C11H22N2O/c1-9(2)5-7-13-11(14)6-8-12-10-3-4-10/h9-10,12H,3-8H2,1-2H3,(H,13,14). The predicted molar refractivity (Wildman–Crippen MR) is 58.1 cm³/mol. The predicted octanol–water partition coefficient (Wildman–Crippen LogP) is 1.29. The molecule has 0 aromatic carbocycles. The molecule has 0 heterocycles. The fourth-order valence-corrected chi connectivity index (χ4v) is 1.27. The van der Waals surface area contributed by atoms with Gasteiger partial charge in [-0.25, -0.2) is 0 Å². The molecule has 1 rings (SSSR count). The zero-order chi connectivity index (χ0) is 10.4. The molecule has 0 atom stereocenters. The van der Waals surface area contributed by atoms with Crippen molar-refractivity contribution in [2.75, 3.05) is 13.1 Å². The highest BCUT2D eigenvalue weighted by atomic mass is 16.1. The monoisotopic (exact) mass is 198 g/mol. The van der Waals surface area contributed by atoms with Crippen molar-refractivity contribution in [1.29, 1.82) is 0 Å². The first-order valence-corrected chi connectivity index (χ1v) is 5.68. The van der Waals surface area contributed by atoms with Gasteiger partial charge in [0.25, 0.3) is 0 Å². The zero-order valence-corrected chi connectivity index (χ0v) is 9.31. The molecular weight excluding hydrogens is 176 g/mol. The molecule has 82 valence electrons. The number of carbonyl (C=O) groups excluding carboxylic acids is 1. The molecule has 0 spiro atoms. The summed E-state index contributed by atoms with van der Waals surface area (Å²) in [5, 5.41) is 6.26. The molecule has 0 aliphatic heterocycles. The average Bonchev–Trinajstić information content (AvgIpc) is 2.87. The van der Waals surface area contributed by atoms with E-state index in [1.807, 2.05) is 0 Å². The summed E-state index contributed by atoms with van der Waals surface area (Å²) in [4.78, 5) is 11.3. The number of rotatable bonds is 7. The first-order chi connectivity index (χ1) is 6.68. The highest BCUT2D eigenvalue weighted by molar-refractivity contribution is 5.75. The summed E-state index contributed by atoms with van der Waals surface area (Å²) in [7, 11) is 0. The van der Waals surface area contributed by atoms with Crippen molar-refractivity contribution in [2.45, 2.75) is 45.6 Å². The van der Waals surface area contributed by atoms with E-state index in [-0.39, 0.29) is 5.91 Å². The topological polar surface area (TPSA) is 41.1 Å². The molecule has 14 heavy (non-hydrogen) atoms. The van der Waals surface area contributed by atoms with Crippen LogP contribution >= 0.6 is 0 Å². The lowest BCUT2D eigenvalue weighted by Gasteiger charge is -2.07. The fourth-order valence-electron chi connectivity index (χ4n) is 1.27. The molecule has 2 N–H and O–H groups in total. The second-order valence-corrected chi connectivity index (χ2v) is 4.51. The number of carbonyl (C=O) groups is 1. The highest BCUT2D eigenvalue weighted by Crippen LogP contribution is 2.18. The third kappa shape index (κ3) is 5.97. The maximum Gasteiger partial charge on any atom is 0.221 e. The van der Waals surface area contributed by atoms with Crippen LogP contribution in [0.15, 0.2) is 0 Å². The summed E-state index contributed by atoms with van der Waals surface area (Å²) in [5.41, 5.74) is 0. The van der Waals surface area contributed by atoms with Crippen LogP contribution in [0.3, 0.4) is 0 Å². The number of hydrogen-bond donors (Lipinski definition) is 2. The van der Waals surface area contributed by atoms with Crippen LogP contribution in [0.5, 0.6) is 0 Å². The normalized spacial score (nSPS) is 15.9. The van der Waals surface area contributed by atoms with Gasteiger partial charge in [-0.05, 0) is 25.2 Å². The van der Waals surface area contributed by atoms with Crippen molar-refractivity contribution in [3.63, 3.8) is 0 Å². The van der Waals surface area contributed by atoms with Crippen LogP contribution in [0.25, 0.3) is 0 Å². The number of amides is 1. The fraction of sp³-hybridized carbons (Fsp3) is 0.909. The molecule has 0 saturated heterocycles. The average molecular weight is 198 g/mol. The van der Waals surface area contributed by atoms with Crippen LogP contribution in [0.1, 0.15) is 39.5 Å². The van der Waals surface area contributed by atoms with E-state index < -0.39 is 0 Å². The van der Waals surface area contributed by atoms with Gasteiger partial charge in [0.1, 0.15) is 0 Å². The molecule has 1 aliphatic rings. The lowest BCUT2D eigenvalue weighted by atomic mass is 10.1. The Bertz CT molecular complexity index is 166. The SMILES string of the molecule is CC(C)CCNC(=O)CCNC1CC1. The van der Waals surface area contributed by atoms with Crippen LogP contribution in [-0.4, -0.2) is 25.0 Å². The van der Waals surface area contributed by atoms with Crippen molar-refractivity contribution < 1.29 is 4.79 Å². The van der Waals surface area contributed by atoms with E-state index in [9.17, 15) is 4.79 Å². The summed E-state index contributed by atoms with van der Waals surface area (Å²) >= 11 is 0. The number of hydrogen-bond acceptors (Lipinski definition) is 2. The van der Waals surface area contributed by atoms with Crippen molar-refractivity contribution in [3.05, 3.63) is 0 Å². The number of nitrogens with one attached hydrogen (secondary N) is 2. The second-order valence-electron chi connectivity index (χ2n) is 4.51. The van der Waals surface area contributed by atoms with Gasteiger partial charge in [0, 0.05) is 25.6 Å². The van der Waals surface area contributed by atoms with Gasteiger partial charge < -0.3 is 10.6 Å². The lowest BCUT2D eigenvalue weighted by molar-refractivity contribution is -0.121. The van der Waals surface area contributed by atoms with Crippen molar-refractivity contribution in [1.82, 2.24) is 10.6 Å². The van der Waals surface area contributed by atoms with Gasteiger partial charge in [0.15, 0.2) is 0 Å². The van der Waals surface area contributed by atoms with Gasteiger partial charge in [0.05, 0.1) is 0 Å². The van der Waals surface area contributed by atoms with Crippen LogP contribution in [0.2, 0.25) is 0 Å². The summed E-state index contributed by atoms with van der Waals surface area (Å²) in [6.45, 7) is 5.99. The molecule has 0 aromatic heterocycles. The van der Waals surface area contributed by atoms with Crippen molar-refractivity contribution in [2.24, 2.45) is 5.92 Å². The van der Waals surface area contributed by atoms with Crippen LogP contribution < -0.4 is 10.6 Å².